The van der Waals surface area contributed by atoms with Gasteiger partial charge in [-0.3, -0.25) is 9.36 Å². The number of rotatable bonds is 4. The quantitative estimate of drug-likeness (QED) is 0.614. The van der Waals surface area contributed by atoms with Crippen molar-refractivity contribution >= 4 is 43.5 Å². The highest BCUT2D eigenvalue weighted by atomic mass is 79.9. The van der Waals surface area contributed by atoms with Crippen LogP contribution in [0.4, 0.5) is 0 Å². The van der Waals surface area contributed by atoms with E-state index in [9.17, 15) is 9.59 Å². The van der Waals surface area contributed by atoms with Gasteiger partial charge in [-0.15, -0.1) is 11.3 Å². The Balaban J connectivity index is 2.14. The maximum atomic E-state index is 12.9. The summed E-state index contributed by atoms with van der Waals surface area (Å²) in [5.41, 5.74) is 1.52. The molecule has 0 aliphatic heterocycles. The Morgan fingerprint density at radius 3 is 2.75 bits per heavy atom. The summed E-state index contributed by atoms with van der Waals surface area (Å²) in [6.45, 7) is 3.65. The number of nitrogens with zero attached hydrogens (tertiary/aromatic N) is 2. The number of carbonyl (C=O) groups is 1. The van der Waals surface area contributed by atoms with E-state index in [0.717, 1.165) is 15.6 Å². The second-order valence-electron chi connectivity index (χ2n) is 5.22. The summed E-state index contributed by atoms with van der Waals surface area (Å²) in [7, 11) is 0. The molecule has 1 atom stereocenters. The van der Waals surface area contributed by atoms with E-state index in [4.69, 9.17) is 4.74 Å². The molecule has 124 valence electrons. The number of fused-ring (bicyclic) bond motifs is 1. The number of esters is 1. The SMILES string of the molecule is CCOC(=O)[C@H](C)n1cnc2scc(-c3ccc(Br)cc3)c2c1=O. The van der Waals surface area contributed by atoms with Crippen LogP contribution in [-0.2, 0) is 9.53 Å². The zero-order chi connectivity index (χ0) is 17.3. The van der Waals surface area contributed by atoms with Gasteiger partial charge in [0.05, 0.1) is 18.3 Å². The van der Waals surface area contributed by atoms with Crippen LogP contribution in [0.2, 0.25) is 0 Å². The molecule has 24 heavy (non-hydrogen) atoms. The van der Waals surface area contributed by atoms with Gasteiger partial charge in [-0.05, 0) is 31.5 Å². The lowest BCUT2D eigenvalue weighted by Gasteiger charge is -2.13. The smallest absolute Gasteiger partial charge is 0.328 e. The molecule has 0 bridgehead atoms. The van der Waals surface area contributed by atoms with Crippen LogP contribution in [0.25, 0.3) is 21.3 Å². The van der Waals surface area contributed by atoms with Crippen molar-refractivity contribution < 1.29 is 9.53 Å². The number of benzene rings is 1. The highest BCUT2D eigenvalue weighted by molar-refractivity contribution is 9.10. The molecule has 0 fully saturated rings. The summed E-state index contributed by atoms with van der Waals surface area (Å²) in [4.78, 5) is 29.9. The fraction of sp³-hybridized carbons (Fsp3) is 0.235. The minimum Gasteiger partial charge on any atom is -0.464 e. The van der Waals surface area contributed by atoms with E-state index in [1.54, 1.807) is 13.8 Å². The van der Waals surface area contributed by atoms with Crippen molar-refractivity contribution in [3.8, 4) is 11.1 Å². The van der Waals surface area contributed by atoms with Crippen LogP contribution in [0, 0.1) is 0 Å². The Hall–Kier alpha value is -1.99. The molecule has 0 spiro atoms. The van der Waals surface area contributed by atoms with Gasteiger partial charge in [0.15, 0.2) is 0 Å². The number of carbonyl (C=O) groups excluding carboxylic acids is 1. The molecule has 0 saturated heterocycles. The standard InChI is InChI=1S/C17H15BrN2O3S/c1-3-23-17(22)10(2)20-9-19-15-14(16(20)21)13(8-24-15)11-4-6-12(18)7-5-11/h4-10H,3H2,1-2H3/t10-/m0/s1. The molecule has 0 N–H and O–H groups in total. The molecule has 1 aromatic carbocycles. The predicted octanol–water partition coefficient (Wildman–Crippen LogP) is 4.01. The van der Waals surface area contributed by atoms with E-state index in [2.05, 4.69) is 20.9 Å². The highest BCUT2D eigenvalue weighted by Crippen LogP contribution is 2.31. The summed E-state index contributed by atoms with van der Waals surface area (Å²) in [5.74, 6) is -0.443. The zero-order valence-electron chi connectivity index (χ0n) is 13.2. The van der Waals surface area contributed by atoms with E-state index in [-0.39, 0.29) is 12.2 Å². The number of hydrogen-bond donors (Lipinski definition) is 0. The lowest BCUT2D eigenvalue weighted by Crippen LogP contribution is -2.29. The van der Waals surface area contributed by atoms with Gasteiger partial charge >= 0.3 is 5.97 Å². The Bertz CT molecular complexity index is 947. The van der Waals surface area contributed by atoms with Gasteiger partial charge in [0.25, 0.3) is 5.56 Å². The Kier molecular flexibility index (Phi) is 4.82. The van der Waals surface area contributed by atoms with Crippen LogP contribution in [0.1, 0.15) is 19.9 Å². The van der Waals surface area contributed by atoms with Crippen LogP contribution < -0.4 is 5.56 Å². The first kappa shape index (κ1) is 16.9. The Labute approximate surface area is 151 Å². The first-order valence-electron chi connectivity index (χ1n) is 7.43. The minimum atomic E-state index is -0.716. The van der Waals surface area contributed by atoms with E-state index in [1.807, 2.05) is 29.6 Å². The number of hydrogen-bond acceptors (Lipinski definition) is 5. The van der Waals surface area contributed by atoms with Crippen molar-refractivity contribution in [1.29, 1.82) is 0 Å². The van der Waals surface area contributed by atoms with Crippen molar-refractivity contribution in [2.24, 2.45) is 0 Å². The third-order valence-corrected chi connectivity index (χ3v) is 5.13. The number of halogens is 1. The maximum absolute atomic E-state index is 12.9. The van der Waals surface area contributed by atoms with Crippen LogP contribution in [0.15, 0.2) is 45.2 Å². The number of ether oxygens (including phenoxy) is 1. The van der Waals surface area contributed by atoms with Crippen molar-refractivity contribution in [1.82, 2.24) is 9.55 Å². The van der Waals surface area contributed by atoms with Gasteiger partial charge in [0.1, 0.15) is 10.9 Å². The van der Waals surface area contributed by atoms with Gasteiger partial charge in [-0.25, -0.2) is 9.78 Å². The summed E-state index contributed by atoms with van der Waals surface area (Å²) in [6, 6.07) is 7.02. The molecule has 2 heterocycles. The van der Waals surface area contributed by atoms with E-state index in [0.29, 0.717) is 10.2 Å². The normalized spacial score (nSPS) is 12.3. The largest absolute Gasteiger partial charge is 0.464 e. The monoisotopic (exact) mass is 406 g/mol. The fourth-order valence-electron chi connectivity index (χ4n) is 2.44. The molecule has 0 saturated carbocycles. The van der Waals surface area contributed by atoms with Crippen LogP contribution >= 0.6 is 27.3 Å². The molecular formula is C17H15BrN2O3S. The third-order valence-electron chi connectivity index (χ3n) is 3.72. The first-order valence-corrected chi connectivity index (χ1v) is 9.11. The molecule has 0 amide bonds. The van der Waals surface area contributed by atoms with Crippen molar-refractivity contribution in [2.45, 2.75) is 19.9 Å². The minimum absolute atomic E-state index is 0.236. The third kappa shape index (κ3) is 3.01. The van der Waals surface area contributed by atoms with Crippen LogP contribution in [-0.4, -0.2) is 22.1 Å². The Morgan fingerprint density at radius 1 is 1.38 bits per heavy atom. The van der Waals surface area contributed by atoms with Gasteiger partial charge in [-0.2, -0.15) is 0 Å². The zero-order valence-corrected chi connectivity index (χ0v) is 15.6. The average molecular weight is 407 g/mol. The Morgan fingerprint density at radius 2 is 2.08 bits per heavy atom. The second-order valence-corrected chi connectivity index (χ2v) is 7.00. The first-order chi connectivity index (χ1) is 11.5. The molecule has 3 aromatic rings. The summed E-state index contributed by atoms with van der Waals surface area (Å²) < 4.78 is 7.30. The molecule has 0 radical (unpaired) electrons. The second kappa shape index (κ2) is 6.86. The molecule has 3 rings (SSSR count). The van der Waals surface area contributed by atoms with Gasteiger partial charge in [-0.1, -0.05) is 28.1 Å². The lowest BCUT2D eigenvalue weighted by molar-refractivity contribution is -0.146. The van der Waals surface area contributed by atoms with E-state index in [1.165, 1.54) is 22.2 Å². The van der Waals surface area contributed by atoms with Gasteiger partial charge in [0, 0.05) is 15.4 Å². The molecular weight excluding hydrogens is 392 g/mol. The van der Waals surface area contributed by atoms with E-state index < -0.39 is 12.0 Å². The fourth-order valence-corrected chi connectivity index (χ4v) is 3.61. The molecule has 2 aromatic heterocycles. The van der Waals surface area contributed by atoms with Crippen molar-refractivity contribution in [3.05, 3.63) is 50.8 Å². The van der Waals surface area contributed by atoms with Crippen LogP contribution in [0.3, 0.4) is 0 Å². The van der Waals surface area contributed by atoms with Gasteiger partial charge < -0.3 is 4.74 Å². The topological polar surface area (TPSA) is 61.2 Å². The number of thiophene rings is 1. The summed E-state index contributed by atoms with van der Waals surface area (Å²) >= 11 is 4.82. The summed E-state index contributed by atoms with van der Waals surface area (Å²) in [5, 5.41) is 2.45. The highest BCUT2D eigenvalue weighted by Gasteiger charge is 2.21. The molecule has 5 nitrogen and oxygen atoms in total. The molecule has 0 aliphatic rings. The maximum Gasteiger partial charge on any atom is 0.328 e. The molecule has 0 unspecified atom stereocenters. The molecule has 0 aliphatic carbocycles. The molecule has 7 heteroatoms. The van der Waals surface area contributed by atoms with Gasteiger partial charge in [0.2, 0.25) is 0 Å². The summed E-state index contributed by atoms with van der Waals surface area (Å²) in [6.07, 6.45) is 1.41. The number of aromatic nitrogens is 2. The predicted molar refractivity (Wildman–Crippen MR) is 98.4 cm³/mol. The van der Waals surface area contributed by atoms with E-state index >= 15 is 0 Å². The van der Waals surface area contributed by atoms with Crippen molar-refractivity contribution in [2.75, 3.05) is 6.61 Å². The average Bonchev–Trinajstić information content (AvgIpc) is 3.00. The lowest BCUT2D eigenvalue weighted by atomic mass is 10.1. The van der Waals surface area contributed by atoms with Crippen LogP contribution in [0.5, 0.6) is 0 Å². The van der Waals surface area contributed by atoms with Crippen molar-refractivity contribution in [3.63, 3.8) is 0 Å².